The second-order valence-corrected chi connectivity index (χ2v) is 10.5. The van der Waals surface area contributed by atoms with Gasteiger partial charge in [-0.2, -0.15) is 4.31 Å². The van der Waals surface area contributed by atoms with Crippen LogP contribution in [0.2, 0.25) is 0 Å². The average molecular weight is 468 g/mol. The summed E-state index contributed by atoms with van der Waals surface area (Å²) in [7, 11) is -3.53. The molecular formula is C23H21N3O4S2. The standard InChI is InChI=1S/C23H21N3O4S2/c27-22(17-9-11-19(12-10-17)32(28,29)25-13-3-4-14-25)26(16-18-6-5-15-30-18)23-24-20-7-1-2-8-21(20)31-23/h1-2,5-12,15H,3-4,13-14,16H2. The third kappa shape index (κ3) is 3.94. The van der Waals surface area contributed by atoms with Crippen LogP contribution in [0.25, 0.3) is 10.2 Å². The minimum Gasteiger partial charge on any atom is -0.467 e. The molecular weight excluding hydrogens is 446 g/mol. The molecule has 1 amide bonds. The number of thiazole rings is 1. The predicted octanol–water partition coefficient (Wildman–Crippen LogP) is 4.52. The SMILES string of the molecule is O=C(c1ccc(S(=O)(=O)N2CCCC2)cc1)N(Cc1ccco1)c1nc2ccccc2s1. The number of nitrogens with zero attached hydrogens (tertiary/aromatic N) is 3. The van der Waals surface area contributed by atoms with Crippen molar-refractivity contribution in [3.8, 4) is 0 Å². The fraction of sp³-hybridized carbons (Fsp3) is 0.217. The van der Waals surface area contributed by atoms with Gasteiger partial charge in [0, 0.05) is 18.7 Å². The summed E-state index contributed by atoms with van der Waals surface area (Å²) in [5.74, 6) is 0.358. The number of benzene rings is 2. The fourth-order valence-electron chi connectivity index (χ4n) is 3.76. The van der Waals surface area contributed by atoms with Gasteiger partial charge in [-0.1, -0.05) is 23.5 Å². The summed E-state index contributed by atoms with van der Waals surface area (Å²) in [4.78, 5) is 19.9. The number of carbonyl (C=O) groups is 1. The maximum atomic E-state index is 13.5. The summed E-state index contributed by atoms with van der Waals surface area (Å²) in [5.41, 5.74) is 1.20. The van der Waals surface area contributed by atoms with Crippen LogP contribution < -0.4 is 4.90 Å². The zero-order valence-corrected chi connectivity index (χ0v) is 18.8. The Morgan fingerprint density at radius 1 is 1.03 bits per heavy atom. The number of fused-ring (bicyclic) bond motifs is 1. The van der Waals surface area contributed by atoms with E-state index >= 15 is 0 Å². The Hall–Kier alpha value is -3.01. The highest BCUT2D eigenvalue weighted by atomic mass is 32.2. The third-order valence-corrected chi connectivity index (χ3v) is 8.43. The molecule has 3 heterocycles. The monoisotopic (exact) mass is 467 g/mol. The number of sulfonamides is 1. The number of hydrogen-bond donors (Lipinski definition) is 0. The van der Waals surface area contributed by atoms with Gasteiger partial charge in [0.15, 0.2) is 5.13 Å². The van der Waals surface area contributed by atoms with Gasteiger partial charge in [-0.3, -0.25) is 9.69 Å². The highest BCUT2D eigenvalue weighted by molar-refractivity contribution is 7.89. The van der Waals surface area contributed by atoms with Crippen LogP contribution in [0.5, 0.6) is 0 Å². The van der Waals surface area contributed by atoms with Gasteiger partial charge < -0.3 is 4.42 Å². The molecule has 1 aliphatic rings. The number of anilines is 1. The van der Waals surface area contributed by atoms with E-state index in [1.807, 2.05) is 24.3 Å². The lowest BCUT2D eigenvalue weighted by Crippen LogP contribution is -2.30. The Labute approximate surface area is 190 Å². The van der Waals surface area contributed by atoms with E-state index in [0.29, 0.717) is 29.5 Å². The molecule has 0 bridgehead atoms. The maximum absolute atomic E-state index is 13.5. The predicted molar refractivity (Wildman–Crippen MR) is 123 cm³/mol. The molecule has 1 aliphatic heterocycles. The first-order chi connectivity index (χ1) is 15.5. The number of rotatable bonds is 6. The molecule has 0 saturated carbocycles. The van der Waals surface area contributed by atoms with Crippen molar-refractivity contribution >= 4 is 42.6 Å². The Morgan fingerprint density at radius 2 is 1.78 bits per heavy atom. The number of hydrogen-bond acceptors (Lipinski definition) is 6. The van der Waals surface area contributed by atoms with Crippen molar-refractivity contribution in [3.63, 3.8) is 0 Å². The van der Waals surface area contributed by atoms with Gasteiger partial charge in [-0.05, 0) is 61.4 Å². The zero-order chi connectivity index (χ0) is 22.1. The molecule has 32 heavy (non-hydrogen) atoms. The van der Waals surface area contributed by atoms with E-state index in [1.165, 1.54) is 27.8 Å². The van der Waals surface area contributed by atoms with Crippen LogP contribution in [0.4, 0.5) is 5.13 Å². The number of amides is 1. The second-order valence-electron chi connectivity index (χ2n) is 7.57. The first-order valence-electron chi connectivity index (χ1n) is 10.3. The lowest BCUT2D eigenvalue weighted by Gasteiger charge is -2.19. The quantitative estimate of drug-likeness (QED) is 0.416. The smallest absolute Gasteiger partial charge is 0.260 e. The molecule has 2 aromatic carbocycles. The topological polar surface area (TPSA) is 83.7 Å². The van der Waals surface area contributed by atoms with E-state index < -0.39 is 10.0 Å². The van der Waals surface area contributed by atoms with E-state index in [4.69, 9.17) is 4.42 Å². The molecule has 4 aromatic rings. The average Bonchev–Trinajstić information content (AvgIpc) is 3.58. The van der Waals surface area contributed by atoms with Crippen molar-refractivity contribution in [1.29, 1.82) is 0 Å². The highest BCUT2D eigenvalue weighted by Crippen LogP contribution is 2.31. The van der Waals surface area contributed by atoms with Crippen molar-refractivity contribution in [2.24, 2.45) is 0 Å². The summed E-state index contributed by atoms with van der Waals surface area (Å²) < 4.78 is 33.5. The van der Waals surface area contributed by atoms with E-state index in [9.17, 15) is 13.2 Å². The molecule has 7 nitrogen and oxygen atoms in total. The lowest BCUT2D eigenvalue weighted by molar-refractivity contribution is 0.0983. The van der Waals surface area contributed by atoms with Gasteiger partial charge in [0.1, 0.15) is 5.76 Å². The summed E-state index contributed by atoms with van der Waals surface area (Å²) in [6, 6.07) is 17.4. The molecule has 1 saturated heterocycles. The molecule has 0 N–H and O–H groups in total. The van der Waals surface area contributed by atoms with Crippen LogP contribution in [-0.4, -0.2) is 36.7 Å². The fourth-order valence-corrected chi connectivity index (χ4v) is 6.24. The van der Waals surface area contributed by atoms with Gasteiger partial charge in [0.25, 0.3) is 5.91 Å². The van der Waals surface area contributed by atoms with Gasteiger partial charge >= 0.3 is 0 Å². The minimum atomic E-state index is -3.53. The van der Waals surface area contributed by atoms with Crippen molar-refractivity contribution in [3.05, 3.63) is 78.3 Å². The van der Waals surface area contributed by atoms with E-state index in [0.717, 1.165) is 23.1 Å². The largest absolute Gasteiger partial charge is 0.467 e. The number of aromatic nitrogens is 1. The van der Waals surface area contributed by atoms with Gasteiger partial charge in [-0.15, -0.1) is 0 Å². The van der Waals surface area contributed by atoms with Crippen molar-refractivity contribution in [2.75, 3.05) is 18.0 Å². The van der Waals surface area contributed by atoms with Crippen molar-refractivity contribution in [1.82, 2.24) is 9.29 Å². The van der Waals surface area contributed by atoms with Crippen molar-refractivity contribution in [2.45, 2.75) is 24.3 Å². The summed E-state index contributed by atoms with van der Waals surface area (Å²) in [6.07, 6.45) is 3.31. The summed E-state index contributed by atoms with van der Waals surface area (Å²) in [6.45, 7) is 1.30. The molecule has 1 fully saturated rings. The van der Waals surface area contributed by atoms with Crippen LogP contribution in [0.3, 0.4) is 0 Å². The molecule has 0 unspecified atom stereocenters. The molecule has 0 spiro atoms. The molecule has 0 aliphatic carbocycles. The number of para-hydroxylation sites is 1. The molecule has 164 valence electrons. The second kappa shape index (κ2) is 8.50. The Morgan fingerprint density at radius 3 is 2.47 bits per heavy atom. The van der Waals surface area contributed by atoms with Crippen LogP contribution in [0, 0.1) is 0 Å². The number of carbonyl (C=O) groups excluding carboxylic acids is 1. The third-order valence-electron chi connectivity index (χ3n) is 5.46. The zero-order valence-electron chi connectivity index (χ0n) is 17.2. The lowest BCUT2D eigenvalue weighted by atomic mass is 10.2. The van der Waals surface area contributed by atoms with Crippen molar-refractivity contribution < 1.29 is 17.6 Å². The molecule has 0 radical (unpaired) electrons. The van der Waals surface area contributed by atoms with Gasteiger partial charge in [-0.25, -0.2) is 13.4 Å². The molecule has 5 rings (SSSR count). The maximum Gasteiger partial charge on any atom is 0.260 e. The van der Waals surface area contributed by atoms with Gasteiger partial charge in [0.2, 0.25) is 10.0 Å². The van der Waals surface area contributed by atoms with E-state index in [2.05, 4.69) is 4.98 Å². The summed E-state index contributed by atoms with van der Waals surface area (Å²) >= 11 is 1.42. The molecule has 0 atom stereocenters. The van der Waals surface area contributed by atoms with E-state index in [-0.39, 0.29) is 17.3 Å². The minimum absolute atomic E-state index is 0.202. The van der Waals surface area contributed by atoms with Crippen LogP contribution in [0.15, 0.2) is 76.2 Å². The first-order valence-corrected chi connectivity index (χ1v) is 12.6. The summed E-state index contributed by atoms with van der Waals surface area (Å²) in [5, 5.41) is 0.557. The normalized spacial score (nSPS) is 14.8. The Kier molecular flexibility index (Phi) is 5.54. The Bertz CT molecular complexity index is 1310. The van der Waals surface area contributed by atoms with Crippen LogP contribution in [0.1, 0.15) is 29.0 Å². The van der Waals surface area contributed by atoms with Gasteiger partial charge in [0.05, 0.1) is 27.9 Å². The van der Waals surface area contributed by atoms with E-state index in [1.54, 1.807) is 35.4 Å². The highest BCUT2D eigenvalue weighted by Gasteiger charge is 2.28. The number of furan rings is 1. The Balaban J connectivity index is 1.46. The van der Waals surface area contributed by atoms with Crippen LogP contribution in [-0.2, 0) is 16.6 Å². The molecule has 2 aromatic heterocycles. The first kappa shape index (κ1) is 20.9. The van der Waals surface area contributed by atoms with Crippen LogP contribution >= 0.6 is 11.3 Å². The molecule has 9 heteroatoms.